The molecule has 0 bridgehead atoms. The summed E-state index contributed by atoms with van der Waals surface area (Å²) in [6.07, 6.45) is 5.19. The molecule has 2 aliphatic rings. The highest BCUT2D eigenvalue weighted by Gasteiger charge is 2.37. The average molecular weight is 351 g/mol. The highest BCUT2D eigenvalue weighted by Crippen LogP contribution is 2.38. The van der Waals surface area contributed by atoms with Gasteiger partial charge >= 0.3 is 0 Å². The lowest BCUT2D eigenvalue weighted by molar-refractivity contribution is 0.471. The molecule has 0 spiro atoms. The zero-order valence-electron chi connectivity index (χ0n) is 14.2. The quantitative estimate of drug-likeness (QED) is 0.783. The Balaban J connectivity index is 1.69. The van der Waals surface area contributed by atoms with Gasteiger partial charge in [0, 0.05) is 19.0 Å². The molecule has 1 atom stereocenters. The fourth-order valence-electron chi connectivity index (χ4n) is 3.66. The summed E-state index contributed by atoms with van der Waals surface area (Å²) >= 11 is 0. The second-order valence-electron chi connectivity index (χ2n) is 6.72. The third kappa shape index (κ3) is 2.96. The zero-order valence-corrected chi connectivity index (χ0v) is 15.0. The van der Waals surface area contributed by atoms with Crippen molar-refractivity contribution in [2.45, 2.75) is 18.2 Å². The number of rotatable bonds is 3. The summed E-state index contributed by atoms with van der Waals surface area (Å²) in [4.78, 5) is 0.377. The van der Waals surface area contributed by atoms with Crippen LogP contribution in [0.5, 0.6) is 0 Å². The van der Waals surface area contributed by atoms with Crippen molar-refractivity contribution < 1.29 is 8.42 Å². The molecule has 0 saturated carbocycles. The number of aryl methyl sites for hydroxylation is 1. The Morgan fingerprint density at radius 3 is 2.44 bits per heavy atom. The van der Waals surface area contributed by atoms with Gasteiger partial charge in [0.1, 0.15) is 0 Å². The summed E-state index contributed by atoms with van der Waals surface area (Å²) < 4.78 is 27.6. The van der Waals surface area contributed by atoms with Crippen LogP contribution in [0.2, 0.25) is 0 Å². The van der Waals surface area contributed by atoms with Crippen molar-refractivity contribution in [3.05, 3.63) is 83.4 Å². The van der Waals surface area contributed by atoms with Crippen molar-refractivity contribution in [1.82, 2.24) is 4.31 Å². The largest absolute Gasteiger partial charge is 0.243 e. The monoisotopic (exact) mass is 351 g/mol. The van der Waals surface area contributed by atoms with Gasteiger partial charge in [0.25, 0.3) is 0 Å². The van der Waals surface area contributed by atoms with Gasteiger partial charge in [-0.05, 0) is 42.2 Å². The van der Waals surface area contributed by atoms with Crippen LogP contribution in [0.1, 0.15) is 17.5 Å². The standard InChI is InChI=1S/C21H21NO2S/c1-16-10-12-19(13-11-16)25(23,24)22-14-18-8-5-9-20(21(18)15-22)17-6-3-2-4-7-17/h2-8,10-13,18H,9,14-15H2,1H3. The molecule has 2 aromatic rings. The van der Waals surface area contributed by atoms with E-state index in [1.807, 2.05) is 37.3 Å². The molecular formula is C21H21NO2S. The number of hydrogen-bond donors (Lipinski definition) is 0. The average Bonchev–Trinajstić information content (AvgIpc) is 3.08. The molecule has 1 heterocycles. The van der Waals surface area contributed by atoms with Gasteiger partial charge in [-0.1, -0.05) is 60.2 Å². The van der Waals surface area contributed by atoms with Crippen molar-refractivity contribution >= 4 is 15.6 Å². The predicted octanol–water partition coefficient (Wildman–Crippen LogP) is 4.03. The van der Waals surface area contributed by atoms with Crippen molar-refractivity contribution in [2.75, 3.05) is 13.1 Å². The van der Waals surface area contributed by atoms with Crippen molar-refractivity contribution in [2.24, 2.45) is 5.92 Å². The van der Waals surface area contributed by atoms with Gasteiger partial charge in [-0.3, -0.25) is 0 Å². The molecule has 1 aliphatic carbocycles. The van der Waals surface area contributed by atoms with Crippen molar-refractivity contribution in [1.29, 1.82) is 0 Å². The van der Waals surface area contributed by atoms with Gasteiger partial charge in [-0.25, -0.2) is 8.42 Å². The third-order valence-corrected chi connectivity index (χ3v) is 6.88. The maximum absolute atomic E-state index is 13.0. The van der Waals surface area contributed by atoms with E-state index in [1.165, 1.54) is 16.7 Å². The summed E-state index contributed by atoms with van der Waals surface area (Å²) in [5, 5.41) is 0. The van der Waals surface area contributed by atoms with Crippen LogP contribution in [-0.2, 0) is 10.0 Å². The van der Waals surface area contributed by atoms with E-state index >= 15 is 0 Å². The van der Waals surface area contributed by atoms with Crippen LogP contribution in [0.4, 0.5) is 0 Å². The van der Waals surface area contributed by atoms with E-state index in [4.69, 9.17) is 0 Å². The van der Waals surface area contributed by atoms with Gasteiger partial charge in [0.15, 0.2) is 0 Å². The van der Waals surface area contributed by atoms with Gasteiger partial charge in [-0.2, -0.15) is 4.31 Å². The molecule has 0 amide bonds. The Labute approximate surface area is 149 Å². The van der Waals surface area contributed by atoms with E-state index in [0.717, 1.165) is 12.0 Å². The summed E-state index contributed by atoms with van der Waals surface area (Å²) in [6, 6.07) is 17.4. The molecule has 4 rings (SSSR count). The lowest BCUT2D eigenvalue weighted by Crippen LogP contribution is -2.28. The van der Waals surface area contributed by atoms with Crippen LogP contribution >= 0.6 is 0 Å². The summed E-state index contributed by atoms with van der Waals surface area (Å²) in [5.41, 5.74) is 4.77. The normalized spacial score (nSPS) is 20.8. The van der Waals surface area contributed by atoms with Crippen LogP contribution in [0.3, 0.4) is 0 Å². The maximum atomic E-state index is 13.0. The Bertz CT molecular complexity index is 941. The Kier molecular flexibility index (Phi) is 4.10. The van der Waals surface area contributed by atoms with E-state index in [-0.39, 0.29) is 5.92 Å². The minimum absolute atomic E-state index is 0.184. The first-order valence-electron chi connectivity index (χ1n) is 8.56. The van der Waals surface area contributed by atoms with E-state index in [1.54, 1.807) is 16.4 Å². The summed E-state index contributed by atoms with van der Waals surface area (Å²) in [5.74, 6) is 0.184. The molecule has 4 heteroatoms. The smallest absolute Gasteiger partial charge is 0.207 e. The second-order valence-corrected chi connectivity index (χ2v) is 8.66. The van der Waals surface area contributed by atoms with Crippen LogP contribution in [0, 0.1) is 12.8 Å². The van der Waals surface area contributed by atoms with Gasteiger partial charge in [0.05, 0.1) is 4.90 Å². The molecule has 128 valence electrons. The number of allylic oxidation sites excluding steroid dienone is 2. The molecule has 25 heavy (non-hydrogen) atoms. The summed E-state index contributed by atoms with van der Waals surface area (Å²) in [7, 11) is -3.45. The third-order valence-electron chi connectivity index (χ3n) is 5.05. The van der Waals surface area contributed by atoms with Gasteiger partial charge in [0.2, 0.25) is 10.0 Å². The highest BCUT2D eigenvalue weighted by atomic mass is 32.2. The van der Waals surface area contributed by atoms with E-state index in [0.29, 0.717) is 18.0 Å². The molecule has 1 aliphatic heterocycles. The Morgan fingerprint density at radius 1 is 1.00 bits per heavy atom. The molecule has 3 nitrogen and oxygen atoms in total. The van der Waals surface area contributed by atoms with Crippen LogP contribution < -0.4 is 0 Å². The second kappa shape index (κ2) is 6.28. The number of fused-ring (bicyclic) bond motifs is 1. The molecule has 0 radical (unpaired) electrons. The molecule has 2 aromatic carbocycles. The fourth-order valence-corrected chi connectivity index (χ4v) is 5.11. The van der Waals surface area contributed by atoms with E-state index in [2.05, 4.69) is 24.3 Å². The van der Waals surface area contributed by atoms with Gasteiger partial charge in [-0.15, -0.1) is 0 Å². The maximum Gasteiger partial charge on any atom is 0.243 e. The topological polar surface area (TPSA) is 37.4 Å². The molecule has 0 N–H and O–H groups in total. The van der Waals surface area contributed by atoms with Crippen LogP contribution in [0.15, 0.2) is 77.2 Å². The highest BCUT2D eigenvalue weighted by molar-refractivity contribution is 7.89. The minimum atomic E-state index is -3.45. The van der Waals surface area contributed by atoms with Gasteiger partial charge < -0.3 is 0 Å². The van der Waals surface area contributed by atoms with Crippen molar-refractivity contribution in [3.63, 3.8) is 0 Å². The lowest BCUT2D eigenvalue weighted by atomic mass is 9.86. The predicted molar refractivity (Wildman–Crippen MR) is 101 cm³/mol. The Hall–Kier alpha value is -2.17. The SMILES string of the molecule is Cc1ccc(S(=O)(=O)N2CC3=C(c4ccccc4)CC=CC3C2)cc1. The first-order chi connectivity index (χ1) is 12.1. The van der Waals surface area contributed by atoms with E-state index in [9.17, 15) is 8.42 Å². The van der Waals surface area contributed by atoms with Crippen LogP contribution in [0.25, 0.3) is 5.57 Å². The molecule has 1 unspecified atom stereocenters. The number of hydrogen-bond acceptors (Lipinski definition) is 2. The number of benzene rings is 2. The van der Waals surface area contributed by atoms with E-state index < -0.39 is 10.0 Å². The minimum Gasteiger partial charge on any atom is -0.207 e. The molecule has 0 aromatic heterocycles. The van der Waals surface area contributed by atoms with Crippen LogP contribution in [-0.4, -0.2) is 25.8 Å². The summed E-state index contributed by atoms with van der Waals surface area (Å²) in [6.45, 7) is 2.97. The zero-order chi connectivity index (χ0) is 17.4. The molecular weight excluding hydrogens is 330 g/mol. The first-order valence-corrected chi connectivity index (χ1v) is 10.0. The molecule has 1 saturated heterocycles. The fraction of sp³-hybridized carbons (Fsp3) is 0.238. The lowest BCUT2D eigenvalue weighted by Gasteiger charge is -2.17. The number of nitrogens with zero attached hydrogens (tertiary/aromatic N) is 1. The van der Waals surface area contributed by atoms with Crippen molar-refractivity contribution in [3.8, 4) is 0 Å². The number of sulfonamides is 1. The molecule has 1 fully saturated rings. The first kappa shape index (κ1) is 16.3. The Morgan fingerprint density at radius 2 is 1.72 bits per heavy atom.